The summed E-state index contributed by atoms with van der Waals surface area (Å²) in [5, 5.41) is 6.35. The molecule has 3 aromatic carbocycles. The number of likely N-dealkylation sites (tertiary alicyclic amines) is 2. The van der Waals surface area contributed by atoms with E-state index in [0.29, 0.717) is 19.0 Å². The number of nitrogens with zero attached hydrogens (tertiary/aromatic N) is 4. The molecule has 2 aliphatic heterocycles. The number of aromatic amines is 1. The number of methoxy groups -OCH3 is 2. The Hall–Kier alpha value is -5.76. The van der Waals surface area contributed by atoms with Crippen molar-refractivity contribution in [1.29, 1.82) is 0 Å². The number of alkyl carbamates (subject to hydrolysis) is 2. The Morgan fingerprint density at radius 2 is 1.17 bits per heavy atom. The molecule has 3 N–H and O–H groups in total. The number of fused-ring (bicyclic) bond motifs is 1. The largest absolute Gasteiger partial charge is 0.453 e. The number of rotatable bonds is 11. The van der Waals surface area contributed by atoms with Crippen molar-refractivity contribution in [3.63, 3.8) is 0 Å². The molecule has 0 radical (unpaired) electrons. The molecule has 0 bridgehead atoms. The van der Waals surface area contributed by atoms with Gasteiger partial charge in [-0.15, -0.1) is 11.3 Å². The van der Waals surface area contributed by atoms with Crippen LogP contribution in [0.2, 0.25) is 0 Å². The third-order valence-corrected chi connectivity index (χ3v) is 12.8. The third kappa shape index (κ3) is 8.89. The van der Waals surface area contributed by atoms with Gasteiger partial charge in [-0.05, 0) is 76.5 Å². The number of imidazole rings is 1. The zero-order valence-electron chi connectivity index (χ0n) is 35.5. The topological polar surface area (TPSA) is 159 Å². The molecule has 316 valence electrons. The van der Waals surface area contributed by atoms with Crippen LogP contribution in [-0.2, 0) is 19.1 Å². The van der Waals surface area contributed by atoms with Gasteiger partial charge >= 0.3 is 12.2 Å². The third-order valence-electron chi connectivity index (χ3n) is 11.7. The Morgan fingerprint density at radius 3 is 1.68 bits per heavy atom. The fourth-order valence-electron chi connectivity index (χ4n) is 8.44. The van der Waals surface area contributed by atoms with E-state index in [4.69, 9.17) is 19.4 Å². The van der Waals surface area contributed by atoms with Gasteiger partial charge in [0.05, 0.1) is 48.4 Å². The fraction of sp³-hybridized carbons (Fsp3) is 0.435. The van der Waals surface area contributed by atoms with Crippen LogP contribution < -0.4 is 10.6 Å². The summed E-state index contributed by atoms with van der Waals surface area (Å²) in [6.07, 6.45) is 2.16. The Balaban J connectivity index is 1.03. The lowest BCUT2D eigenvalue weighted by Gasteiger charge is -2.30. The summed E-state index contributed by atoms with van der Waals surface area (Å²) >= 11 is 1.62. The first-order valence-electron chi connectivity index (χ1n) is 20.7. The molecular weight excluding hydrogens is 779 g/mol. The van der Waals surface area contributed by atoms with Crippen LogP contribution in [0.5, 0.6) is 0 Å². The van der Waals surface area contributed by atoms with Crippen molar-refractivity contribution in [1.82, 2.24) is 35.4 Å². The van der Waals surface area contributed by atoms with Gasteiger partial charge in [-0.25, -0.2) is 19.6 Å². The minimum absolute atomic E-state index is 0.102. The van der Waals surface area contributed by atoms with Gasteiger partial charge in [-0.3, -0.25) is 9.59 Å². The molecular formula is C46H55N7O6S. The van der Waals surface area contributed by atoms with E-state index in [9.17, 15) is 19.2 Å². The van der Waals surface area contributed by atoms with Crippen molar-refractivity contribution in [2.24, 2.45) is 23.7 Å². The molecule has 14 heteroatoms. The van der Waals surface area contributed by atoms with Crippen LogP contribution in [-0.4, -0.2) is 88.1 Å². The Kier molecular flexibility index (Phi) is 12.6. The first-order valence-corrected chi connectivity index (χ1v) is 21.5. The van der Waals surface area contributed by atoms with Crippen molar-refractivity contribution >= 4 is 45.6 Å². The van der Waals surface area contributed by atoms with Crippen LogP contribution in [0, 0.1) is 23.7 Å². The molecule has 0 saturated carbocycles. The van der Waals surface area contributed by atoms with Crippen LogP contribution >= 0.6 is 11.3 Å². The highest BCUT2D eigenvalue weighted by Gasteiger charge is 2.41. The number of hydrogen-bond acceptors (Lipinski definition) is 9. The molecule has 4 amide bonds. The van der Waals surface area contributed by atoms with Crippen molar-refractivity contribution in [3.05, 3.63) is 83.8 Å². The average Bonchev–Trinajstić information content (AvgIpc) is 4.06. The molecule has 0 spiro atoms. The number of thiazole rings is 1. The molecule has 13 nitrogen and oxygen atoms in total. The van der Waals surface area contributed by atoms with E-state index in [1.54, 1.807) is 11.3 Å². The summed E-state index contributed by atoms with van der Waals surface area (Å²) in [5.41, 5.74) is 7.10. The minimum Gasteiger partial charge on any atom is -0.453 e. The number of benzene rings is 3. The van der Waals surface area contributed by atoms with E-state index in [2.05, 4.69) is 90.1 Å². The van der Waals surface area contributed by atoms with Gasteiger partial charge in [-0.2, -0.15) is 0 Å². The monoisotopic (exact) mass is 833 g/mol. The highest BCUT2D eigenvalue weighted by atomic mass is 32.1. The number of H-pyrrole nitrogens is 1. The van der Waals surface area contributed by atoms with Crippen LogP contribution in [0.25, 0.3) is 43.7 Å². The molecule has 2 fully saturated rings. The van der Waals surface area contributed by atoms with Gasteiger partial charge in [0, 0.05) is 13.1 Å². The maximum absolute atomic E-state index is 13.8. The van der Waals surface area contributed by atoms with Crippen LogP contribution in [0.4, 0.5) is 9.59 Å². The maximum Gasteiger partial charge on any atom is 0.407 e. The first-order chi connectivity index (χ1) is 28.7. The van der Waals surface area contributed by atoms with Crippen molar-refractivity contribution in [2.45, 2.75) is 78.6 Å². The smallest absolute Gasteiger partial charge is 0.407 e. The van der Waals surface area contributed by atoms with E-state index < -0.39 is 24.3 Å². The van der Waals surface area contributed by atoms with Crippen molar-refractivity contribution in [2.75, 3.05) is 27.3 Å². The average molecular weight is 834 g/mol. The SMILES string of the molecule is COC(=O)N[C@H](C(=O)N1C[C@@H](C)C[C@H]1c1ncc(-c2ccc(-c3ccc(-c4ccc5nc([C@@H]6C[C@H](C)CN6C(=O)[C@@H](NC(=O)OC)C(C)C)sc5c4)cc3)cc2)[nH]1)C(C)C. The molecule has 6 atom stereocenters. The molecule has 0 unspecified atom stereocenters. The zero-order chi connectivity index (χ0) is 42.8. The molecule has 4 heterocycles. The maximum atomic E-state index is 13.8. The second-order valence-corrected chi connectivity index (χ2v) is 18.0. The van der Waals surface area contributed by atoms with Crippen molar-refractivity contribution in [3.8, 4) is 33.5 Å². The number of ether oxygens (including phenoxy) is 2. The van der Waals surface area contributed by atoms with Crippen LogP contribution in [0.15, 0.2) is 72.9 Å². The highest BCUT2D eigenvalue weighted by Crippen LogP contribution is 2.41. The van der Waals surface area contributed by atoms with Gasteiger partial charge in [0.15, 0.2) is 0 Å². The molecule has 7 rings (SSSR count). The number of aromatic nitrogens is 3. The Bertz CT molecular complexity index is 2340. The summed E-state index contributed by atoms with van der Waals surface area (Å²) in [5.74, 6) is 0.850. The second-order valence-electron chi connectivity index (χ2n) is 17.0. The number of carbonyl (C=O) groups is 4. The number of carbonyl (C=O) groups excluding carboxylic acids is 4. The van der Waals surface area contributed by atoms with Gasteiger partial charge in [-0.1, -0.05) is 96.1 Å². The summed E-state index contributed by atoms with van der Waals surface area (Å²) in [6.45, 7) is 13.1. The molecule has 5 aromatic rings. The summed E-state index contributed by atoms with van der Waals surface area (Å²) in [7, 11) is 2.60. The van der Waals surface area contributed by atoms with E-state index >= 15 is 0 Å². The zero-order valence-corrected chi connectivity index (χ0v) is 36.3. The quantitative estimate of drug-likeness (QED) is 0.119. The van der Waals surface area contributed by atoms with E-state index in [0.717, 1.165) is 67.4 Å². The number of nitrogens with one attached hydrogen (secondary N) is 3. The lowest BCUT2D eigenvalue weighted by molar-refractivity contribution is -0.136. The van der Waals surface area contributed by atoms with E-state index in [1.807, 2.05) is 49.8 Å². The van der Waals surface area contributed by atoms with Crippen molar-refractivity contribution < 1.29 is 28.7 Å². The van der Waals surface area contributed by atoms with E-state index in [1.165, 1.54) is 14.2 Å². The van der Waals surface area contributed by atoms with Crippen LogP contribution in [0.3, 0.4) is 0 Å². The lowest BCUT2D eigenvalue weighted by Crippen LogP contribution is -2.51. The van der Waals surface area contributed by atoms with Gasteiger partial charge in [0.2, 0.25) is 11.8 Å². The first kappa shape index (κ1) is 42.4. The van der Waals surface area contributed by atoms with Gasteiger partial charge in [0.1, 0.15) is 22.9 Å². The van der Waals surface area contributed by atoms with Crippen LogP contribution in [0.1, 0.15) is 77.3 Å². The standard InChI is InChI=1S/C46H55N7O6S/c1-25(2)39(50-45(56)58-7)43(54)52-23-27(5)19-36(52)41-47-22-35(48-41)32-15-13-30(14-16-32)29-9-11-31(12-10-29)33-17-18-34-38(21-33)60-42(49-34)37-20-28(6)24-53(37)44(55)40(26(3)4)51-46(57)59-8/h9-18,21-22,25-28,36-37,39-40H,19-20,23-24H2,1-8H3,(H,47,48)(H,50,56)(H,51,57)/t27-,28-,36-,37-,39-,40-/m0/s1. The van der Waals surface area contributed by atoms with Gasteiger partial charge < -0.3 is 34.9 Å². The highest BCUT2D eigenvalue weighted by molar-refractivity contribution is 7.18. The Morgan fingerprint density at radius 1 is 0.700 bits per heavy atom. The lowest BCUT2D eigenvalue weighted by atomic mass is 9.99. The Labute approximate surface area is 355 Å². The molecule has 60 heavy (non-hydrogen) atoms. The fourth-order valence-corrected chi connectivity index (χ4v) is 9.58. The van der Waals surface area contributed by atoms with E-state index in [-0.39, 0.29) is 41.7 Å². The summed E-state index contributed by atoms with van der Waals surface area (Å²) in [6, 6.07) is 21.4. The summed E-state index contributed by atoms with van der Waals surface area (Å²) in [4.78, 5) is 68.5. The van der Waals surface area contributed by atoms with Gasteiger partial charge in [0.25, 0.3) is 0 Å². The predicted octanol–water partition coefficient (Wildman–Crippen LogP) is 8.60. The predicted molar refractivity (Wildman–Crippen MR) is 233 cm³/mol. The number of hydrogen-bond donors (Lipinski definition) is 3. The molecule has 2 aromatic heterocycles. The normalized spacial score (nSPS) is 20.1. The molecule has 0 aliphatic carbocycles. The number of amides is 4. The summed E-state index contributed by atoms with van der Waals surface area (Å²) < 4.78 is 10.6. The minimum atomic E-state index is -0.697. The molecule has 2 aliphatic rings. The second kappa shape index (κ2) is 17.8. The molecule has 2 saturated heterocycles.